The summed E-state index contributed by atoms with van der Waals surface area (Å²) in [5.74, 6) is 0.882. The number of hydrogen-bond donors (Lipinski definition) is 2. The minimum absolute atomic E-state index is 0.0124. The Balaban J connectivity index is 1.74. The molecule has 122 valence electrons. The van der Waals surface area contributed by atoms with E-state index in [1.165, 1.54) is 0 Å². The van der Waals surface area contributed by atoms with Crippen LogP contribution in [0.15, 0.2) is 36.0 Å². The minimum atomic E-state index is -0.268. The van der Waals surface area contributed by atoms with Gasteiger partial charge in [-0.15, -0.1) is 11.3 Å². The number of ether oxygens (including phenoxy) is 1. The zero-order valence-corrected chi connectivity index (χ0v) is 13.8. The lowest BCUT2D eigenvalue weighted by Crippen LogP contribution is -2.41. The van der Waals surface area contributed by atoms with E-state index in [0.717, 1.165) is 10.4 Å². The number of nitrogens with one attached hydrogen (secondary N) is 1. The SMILES string of the molecule is COc1cncc([C@H](NC(=O)Cc2cccs2)C2CC(O)C2)c1. The van der Waals surface area contributed by atoms with Gasteiger partial charge in [0.25, 0.3) is 0 Å². The van der Waals surface area contributed by atoms with Crippen molar-refractivity contribution in [2.45, 2.75) is 31.4 Å². The van der Waals surface area contributed by atoms with Gasteiger partial charge in [-0.05, 0) is 41.8 Å². The number of carbonyl (C=O) groups excluding carboxylic acids is 1. The summed E-state index contributed by atoms with van der Waals surface area (Å²) in [6.07, 6.45) is 4.89. The highest BCUT2D eigenvalue weighted by molar-refractivity contribution is 7.10. The number of nitrogens with zero attached hydrogens (tertiary/aromatic N) is 1. The Morgan fingerprint density at radius 2 is 2.35 bits per heavy atom. The molecule has 0 unspecified atom stereocenters. The van der Waals surface area contributed by atoms with Crippen LogP contribution in [0.2, 0.25) is 0 Å². The fraction of sp³-hybridized carbons (Fsp3) is 0.412. The van der Waals surface area contributed by atoms with Crippen LogP contribution in [0.5, 0.6) is 5.75 Å². The van der Waals surface area contributed by atoms with Crippen molar-refractivity contribution >= 4 is 17.2 Å². The molecule has 1 saturated carbocycles. The van der Waals surface area contributed by atoms with Crippen LogP contribution in [0.25, 0.3) is 0 Å². The summed E-state index contributed by atoms with van der Waals surface area (Å²) in [4.78, 5) is 17.6. The van der Waals surface area contributed by atoms with Crippen LogP contribution in [0.4, 0.5) is 0 Å². The molecule has 0 aromatic carbocycles. The summed E-state index contributed by atoms with van der Waals surface area (Å²) in [5, 5.41) is 14.7. The van der Waals surface area contributed by atoms with Crippen molar-refractivity contribution in [3.8, 4) is 5.75 Å². The summed E-state index contributed by atoms with van der Waals surface area (Å²) in [6, 6.07) is 5.65. The molecule has 1 atom stereocenters. The van der Waals surface area contributed by atoms with E-state index in [1.54, 1.807) is 30.8 Å². The van der Waals surface area contributed by atoms with Gasteiger partial charge in [-0.1, -0.05) is 6.07 Å². The van der Waals surface area contributed by atoms with E-state index in [-0.39, 0.29) is 24.0 Å². The van der Waals surface area contributed by atoms with Gasteiger partial charge in [0, 0.05) is 11.1 Å². The first-order valence-electron chi connectivity index (χ1n) is 7.64. The molecule has 6 heteroatoms. The molecule has 0 radical (unpaired) electrons. The van der Waals surface area contributed by atoms with E-state index in [4.69, 9.17) is 4.74 Å². The van der Waals surface area contributed by atoms with E-state index in [2.05, 4.69) is 10.3 Å². The Hall–Kier alpha value is -1.92. The molecule has 1 fully saturated rings. The number of thiophene rings is 1. The van der Waals surface area contributed by atoms with Gasteiger partial charge in [0.15, 0.2) is 0 Å². The van der Waals surface area contributed by atoms with Crippen LogP contribution in [0.1, 0.15) is 29.3 Å². The number of carbonyl (C=O) groups is 1. The van der Waals surface area contributed by atoms with E-state index in [9.17, 15) is 9.90 Å². The first-order valence-corrected chi connectivity index (χ1v) is 8.52. The number of methoxy groups -OCH3 is 1. The van der Waals surface area contributed by atoms with Gasteiger partial charge in [-0.25, -0.2) is 0 Å². The van der Waals surface area contributed by atoms with Gasteiger partial charge < -0.3 is 15.2 Å². The quantitative estimate of drug-likeness (QED) is 0.852. The lowest BCUT2D eigenvalue weighted by Gasteiger charge is -2.38. The monoisotopic (exact) mass is 332 g/mol. The molecule has 1 aliphatic rings. The molecule has 23 heavy (non-hydrogen) atoms. The smallest absolute Gasteiger partial charge is 0.225 e. The Bertz CT molecular complexity index is 654. The zero-order valence-electron chi connectivity index (χ0n) is 12.9. The van der Waals surface area contributed by atoms with E-state index >= 15 is 0 Å². The standard InChI is InChI=1S/C17H20N2O3S/c1-22-14-7-12(9-18-10-14)17(11-5-13(20)6-11)19-16(21)8-15-3-2-4-23-15/h2-4,7,9-11,13,17,20H,5-6,8H2,1H3,(H,19,21)/t11?,13?,17-/m1/s1. The Labute approximate surface area is 139 Å². The van der Waals surface area contributed by atoms with Crippen molar-refractivity contribution in [1.29, 1.82) is 0 Å². The van der Waals surface area contributed by atoms with Gasteiger partial charge in [0.1, 0.15) is 5.75 Å². The predicted molar refractivity (Wildman–Crippen MR) is 88.4 cm³/mol. The van der Waals surface area contributed by atoms with Crippen LogP contribution in [0, 0.1) is 5.92 Å². The van der Waals surface area contributed by atoms with Gasteiger partial charge in [0.2, 0.25) is 5.91 Å². The minimum Gasteiger partial charge on any atom is -0.495 e. The van der Waals surface area contributed by atoms with Crippen LogP contribution < -0.4 is 10.1 Å². The van der Waals surface area contributed by atoms with Crippen molar-refractivity contribution in [3.63, 3.8) is 0 Å². The summed E-state index contributed by atoms with van der Waals surface area (Å²) in [6.45, 7) is 0. The van der Waals surface area contributed by atoms with Crippen LogP contribution >= 0.6 is 11.3 Å². The molecule has 1 aliphatic carbocycles. The molecule has 0 bridgehead atoms. The number of pyridine rings is 1. The second-order valence-corrected chi connectivity index (χ2v) is 6.88. The predicted octanol–water partition coefficient (Wildman–Crippen LogP) is 2.32. The zero-order chi connectivity index (χ0) is 16.2. The van der Waals surface area contributed by atoms with Gasteiger partial charge in [-0.2, -0.15) is 0 Å². The molecule has 2 aromatic rings. The number of aliphatic hydroxyl groups excluding tert-OH is 1. The molecule has 0 spiro atoms. The fourth-order valence-corrected chi connectivity index (χ4v) is 3.59. The van der Waals surface area contributed by atoms with E-state index in [0.29, 0.717) is 25.0 Å². The summed E-state index contributed by atoms with van der Waals surface area (Å²) in [7, 11) is 1.60. The maximum absolute atomic E-state index is 12.4. The van der Waals surface area contributed by atoms with Gasteiger partial charge >= 0.3 is 0 Å². The molecule has 2 heterocycles. The Morgan fingerprint density at radius 1 is 1.52 bits per heavy atom. The third kappa shape index (κ3) is 3.89. The molecule has 0 saturated heterocycles. The fourth-order valence-electron chi connectivity index (χ4n) is 2.89. The molecular weight excluding hydrogens is 312 g/mol. The van der Waals surface area contributed by atoms with Crippen molar-refractivity contribution in [3.05, 3.63) is 46.4 Å². The summed E-state index contributed by atoms with van der Waals surface area (Å²) >= 11 is 1.58. The lowest BCUT2D eigenvalue weighted by molar-refractivity contribution is -0.122. The van der Waals surface area contributed by atoms with Crippen LogP contribution in [-0.2, 0) is 11.2 Å². The molecule has 5 nitrogen and oxygen atoms in total. The summed E-state index contributed by atoms with van der Waals surface area (Å²) in [5.41, 5.74) is 0.917. The lowest BCUT2D eigenvalue weighted by atomic mass is 9.75. The third-order valence-corrected chi connectivity index (χ3v) is 5.06. The Morgan fingerprint density at radius 3 is 3.00 bits per heavy atom. The van der Waals surface area contributed by atoms with Crippen molar-refractivity contribution < 1.29 is 14.6 Å². The van der Waals surface area contributed by atoms with E-state index < -0.39 is 0 Å². The summed E-state index contributed by atoms with van der Waals surface area (Å²) < 4.78 is 5.22. The second-order valence-electron chi connectivity index (χ2n) is 5.84. The van der Waals surface area contributed by atoms with Crippen molar-refractivity contribution in [2.75, 3.05) is 7.11 Å². The van der Waals surface area contributed by atoms with Crippen LogP contribution in [0.3, 0.4) is 0 Å². The molecular formula is C17H20N2O3S. The third-order valence-electron chi connectivity index (χ3n) is 4.18. The second kappa shape index (κ2) is 7.10. The normalized spacial score (nSPS) is 21.3. The number of aromatic nitrogens is 1. The van der Waals surface area contributed by atoms with Crippen molar-refractivity contribution in [2.24, 2.45) is 5.92 Å². The number of rotatable bonds is 6. The molecule has 2 N–H and O–H groups in total. The number of aliphatic hydroxyl groups is 1. The van der Waals surface area contributed by atoms with E-state index in [1.807, 2.05) is 23.6 Å². The highest BCUT2D eigenvalue weighted by Gasteiger charge is 2.36. The maximum atomic E-state index is 12.4. The molecule has 1 amide bonds. The van der Waals surface area contributed by atoms with Gasteiger partial charge in [0.05, 0.1) is 31.9 Å². The number of amides is 1. The highest BCUT2D eigenvalue weighted by Crippen LogP contribution is 2.38. The maximum Gasteiger partial charge on any atom is 0.225 e. The van der Waals surface area contributed by atoms with Crippen LogP contribution in [-0.4, -0.2) is 29.2 Å². The number of hydrogen-bond acceptors (Lipinski definition) is 5. The van der Waals surface area contributed by atoms with Crippen molar-refractivity contribution in [1.82, 2.24) is 10.3 Å². The molecule has 2 aromatic heterocycles. The first kappa shape index (κ1) is 16.0. The highest BCUT2D eigenvalue weighted by atomic mass is 32.1. The average molecular weight is 332 g/mol. The first-order chi connectivity index (χ1) is 11.2. The Kier molecular flexibility index (Phi) is 4.93. The average Bonchev–Trinajstić information content (AvgIpc) is 3.03. The molecule has 0 aliphatic heterocycles. The van der Waals surface area contributed by atoms with Gasteiger partial charge in [-0.3, -0.25) is 9.78 Å². The molecule has 3 rings (SSSR count). The largest absolute Gasteiger partial charge is 0.495 e. The topological polar surface area (TPSA) is 71.5 Å².